The van der Waals surface area contributed by atoms with Gasteiger partial charge in [0.15, 0.2) is 11.5 Å². The molecule has 1 aromatic heterocycles. The number of ether oxygens (including phenoxy) is 2. The molecule has 168 valence electrons. The fraction of sp³-hybridized carbons (Fsp3) is 0.0833. The van der Waals surface area contributed by atoms with E-state index in [2.05, 4.69) is 15.8 Å². The number of carbonyl (C=O) groups is 3. The third-order valence-corrected chi connectivity index (χ3v) is 5.02. The predicted octanol–water partition coefficient (Wildman–Crippen LogP) is 3.26. The molecule has 0 fully saturated rings. The third kappa shape index (κ3) is 7.44. The predicted molar refractivity (Wildman–Crippen MR) is 126 cm³/mol. The van der Waals surface area contributed by atoms with Gasteiger partial charge in [-0.25, -0.2) is 10.2 Å². The fourth-order valence-corrected chi connectivity index (χ4v) is 3.17. The number of nitrogens with one attached hydrogen (secondary N) is 2. The number of esters is 1. The molecule has 3 aromatic rings. The summed E-state index contributed by atoms with van der Waals surface area (Å²) in [7, 11) is 1.45. The van der Waals surface area contributed by atoms with Crippen LogP contribution in [0.4, 0.5) is 0 Å². The minimum absolute atomic E-state index is 0.226. The summed E-state index contributed by atoms with van der Waals surface area (Å²) in [5, 5.41) is 8.13. The van der Waals surface area contributed by atoms with Crippen LogP contribution >= 0.6 is 11.3 Å². The van der Waals surface area contributed by atoms with Gasteiger partial charge < -0.3 is 14.8 Å². The average Bonchev–Trinajstić information content (AvgIpc) is 3.38. The molecular weight excluding hydrogens is 442 g/mol. The Morgan fingerprint density at radius 3 is 2.55 bits per heavy atom. The Labute approximate surface area is 194 Å². The van der Waals surface area contributed by atoms with Crippen molar-refractivity contribution in [3.8, 4) is 11.5 Å². The molecule has 8 nitrogen and oxygen atoms in total. The van der Waals surface area contributed by atoms with Crippen LogP contribution in [0, 0.1) is 0 Å². The summed E-state index contributed by atoms with van der Waals surface area (Å²) in [6.45, 7) is -0.226. The maximum absolute atomic E-state index is 12.1. The van der Waals surface area contributed by atoms with Crippen molar-refractivity contribution in [2.75, 3.05) is 13.7 Å². The highest BCUT2D eigenvalue weighted by atomic mass is 32.1. The summed E-state index contributed by atoms with van der Waals surface area (Å²) >= 11 is 1.28. The monoisotopic (exact) mass is 463 g/mol. The van der Waals surface area contributed by atoms with E-state index in [1.54, 1.807) is 41.8 Å². The normalized spacial score (nSPS) is 10.8. The Morgan fingerprint density at radius 2 is 1.82 bits per heavy atom. The van der Waals surface area contributed by atoms with Crippen LogP contribution in [-0.4, -0.2) is 37.7 Å². The molecule has 2 amide bonds. The molecule has 3 rings (SSSR count). The van der Waals surface area contributed by atoms with E-state index < -0.39 is 17.8 Å². The van der Waals surface area contributed by atoms with Crippen LogP contribution in [0.5, 0.6) is 11.5 Å². The number of thiophene rings is 1. The number of hydrogen-bond acceptors (Lipinski definition) is 7. The molecule has 0 unspecified atom stereocenters. The van der Waals surface area contributed by atoms with E-state index in [0.717, 1.165) is 5.56 Å². The molecule has 0 aliphatic carbocycles. The van der Waals surface area contributed by atoms with Crippen molar-refractivity contribution >= 4 is 41.4 Å². The molecule has 33 heavy (non-hydrogen) atoms. The second kappa shape index (κ2) is 12.0. The van der Waals surface area contributed by atoms with Gasteiger partial charge in [0.05, 0.1) is 19.9 Å². The molecule has 0 radical (unpaired) electrons. The summed E-state index contributed by atoms with van der Waals surface area (Å²) in [5.74, 6) is -0.745. The molecule has 9 heteroatoms. The van der Waals surface area contributed by atoms with E-state index in [1.165, 1.54) is 30.7 Å². The highest BCUT2D eigenvalue weighted by Gasteiger charge is 2.13. The summed E-state index contributed by atoms with van der Waals surface area (Å²) in [5.41, 5.74) is 3.82. The highest BCUT2D eigenvalue weighted by Crippen LogP contribution is 2.28. The number of rotatable bonds is 9. The van der Waals surface area contributed by atoms with Crippen molar-refractivity contribution in [3.05, 3.63) is 88.1 Å². The van der Waals surface area contributed by atoms with Gasteiger partial charge in [-0.2, -0.15) is 5.10 Å². The lowest BCUT2D eigenvalue weighted by Gasteiger charge is -2.09. The Bertz CT molecular complexity index is 1160. The van der Waals surface area contributed by atoms with Gasteiger partial charge in [0.2, 0.25) is 5.91 Å². The minimum atomic E-state index is -0.485. The lowest BCUT2D eigenvalue weighted by Crippen LogP contribution is -2.34. The van der Waals surface area contributed by atoms with E-state index in [-0.39, 0.29) is 12.3 Å². The largest absolute Gasteiger partial charge is 0.493 e. The molecule has 0 saturated carbocycles. The van der Waals surface area contributed by atoms with Gasteiger partial charge in [0, 0.05) is 6.08 Å². The Balaban J connectivity index is 1.48. The summed E-state index contributed by atoms with van der Waals surface area (Å²) in [6, 6.07) is 17.6. The molecule has 0 saturated heterocycles. The van der Waals surface area contributed by atoms with E-state index in [1.807, 2.05) is 30.3 Å². The molecule has 0 atom stereocenters. The zero-order valence-corrected chi connectivity index (χ0v) is 18.5. The molecule has 0 aliphatic heterocycles. The number of hydrogen-bond donors (Lipinski definition) is 2. The van der Waals surface area contributed by atoms with E-state index in [9.17, 15) is 14.4 Å². The number of methoxy groups -OCH3 is 1. The van der Waals surface area contributed by atoms with Crippen LogP contribution in [0.15, 0.2) is 77.2 Å². The van der Waals surface area contributed by atoms with Gasteiger partial charge >= 0.3 is 5.97 Å². The van der Waals surface area contributed by atoms with Crippen LogP contribution in [0.2, 0.25) is 0 Å². The second-order valence-corrected chi connectivity index (χ2v) is 7.48. The molecule has 2 aromatic carbocycles. The van der Waals surface area contributed by atoms with Crippen LogP contribution in [0.1, 0.15) is 20.8 Å². The van der Waals surface area contributed by atoms with Gasteiger partial charge in [-0.05, 0) is 46.8 Å². The standard InChI is InChI=1S/C24H21N3O5S/c1-31-20-14-18(9-11-19(20)32-24(30)21-8-5-13-33-21)15-26-27-23(29)16-25-22(28)12-10-17-6-3-2-4-7-17/h2-15H,16H2,1H3,(H,25,28)(H,27,29)/b12-10+,26-15-. The summed E-state index contributed by atoms with van der Waals surface area (Å²) in [4.78, 5) is 36.3. The van der Waals surface area contributed by atoms with Crippen molar-refractivity contribution < 1.29 is 23.9 Å². The van der Waals surface area contributed by atoms with Gasteiger partial charge in [-0.15, -0.1) is 11.3 Å². The zero-order valence-electron chi connectivity index (χ0n) is 17.7. The highest BCUT2D eigenvalue weighted by molar-refractivity contribution is 7.12. The molecule has 0 aliphatic rings. The first-order valence-corrected chi connectivity index (χ1v) is 10.7. The summed E-state index contributed by atoms with van der Waals surface area (Å²) < 4.78 is 10.6. The van der Waals surface area contributed by atoms with E-state index in [0.29, 0.717) is 16.2 Å². The Hall–Kier alpha value is -4.24. The number of amides is 2. The molecular formula is C24H21N3O5S. The third-order valence-electron chi connectivity index (χ3n) is 4.17. The SMILES string of the molecule is COc1cc(/C=N\NC(=O)CNC(=O)/C=C/c2ccccc2)ccc1OC(=O)c1cccs1. The Kier molecular flexibility index (Phi) is 8.49. The first kappa shape index (κ1) is 23.4. The first-order valence-electron chi connectivity index (χ1n) is 9.82. The zero-order chi connectivity index (χ0) is 23.5. The number of hydrazone groups is 1. The van der Waals surface area contributed by atoms with Crippen LogP contribution in [0.3, 0.4) is 0 Å². The van der Waals surface area contributed by atoms with Crippen LogP contribution in [-0.2, 0) is 9.59 Å². The smallest absolute Gasteiger partial charge is 0.353 e. The van der Waals surface area contributed by atoms with Gasteiger partial charge in [-0.1, -0.05) is 36.4 Å². The topological polar surface area (TPSA) is 106 Å². The van der Waals surface area contributed by atoms with Crippen LogP contribution in [0.25, 0.3) is 6.08 Å². The second-order valence-electron chi connectivity index (χ2n) is 6.53. The fourth-order valence-electron chi connectivity index (χ4n) is 2.57. The maximum Gasteiger partial charge on any atom is 0.353 e. The van der Waals surface area contributed by atoms with Crippen molar-refractivity contribution in [1.29, 1.82) is 0 Å². The lowest BCUT2D eigenvalue weighted by atomic mass is 10.2. The number of carbonyl (C=O) groups excluding carboxylic acids is 3. The van der Waals surface area contributed by atoms with Gasteiger partial charge in [0.1, 0.15) is 4.88 Å². The number of benzene rings is 2. The van der Waals surface area contributed by atoms with Crippen molar-refractivity contribution in [2.45, 2.75) is 0 Å². The van der Waals surface area contributed by atoms with Gasteiger partial charge in [-0.3, -0.25) is 9.59 Å². The first-order chi connectivity index (χ1) is 16.0. The minimum Gasteiger partial charge on any atom is -0.493 e. The Morgan fingerprint density at radius 1 is 1.00 bits per heavy atom. The van der Waals surface area contributed by atoms with Crippen molar-refractivity contribution in [2.24, 2.45) is 5.10 Å². The number of nitrogens with zero attached hydrogens (tertiary/aromatic N) is 1. The maximum atomic E-state index is 12.1. The quantitative estimate of drug-likeness (QED) is 0.167. The molecule has 0 bridgehead atoms. The molecule has 0 spiro atoms. The molecule has 2 N–H and O–H groups in total. The molecule has 1 heterocycles. The van der Waals surface area contributed by atoms with E-state index >= 15 is 0 Å². The summed E-state index contributed by atoms with van der Waals surface area (Å²) in [6.07, 6.45) is 4.41. The van der Waals surface area contributed by atoms with E-state index in [4.69, 9.17) is 9.47 Å². The van der Waals surface area contributed by atoms with Crippen molar-refractivity contribution in [1.82, 2.24) is 10.7 Å². The average molecular weight is 464 g/mol. The van der Waals surface area contributed by atoms with Crippen LogP contribution < -0.4 is 20.2 Å². The van der Waals surface area contributed by atoms with Crippen molar-refractivity contribution in [3.63, 3.8) is 0 Å². The van der Waals surface area contributed by atoms with Gasteiger partial charge in [0.25, 0.3) is 5.91 Å². The lowest BCUT2D eigenvalue weighted by molar-refractivity contribution is -0.123.